The number of ether oxygens (including phenoxy) is 3. The van der Waals surface area contributed by atoms with Crippen LogP contribution in [0.15, 0.2) is 30.3 Å². The fraction of sp³-hybridized carbons (Fsp3) is 0.731. The van der Waals surface area contributed by atoms with Gasteiger partial charge in [-0.05, 0) is 49.9 Å². The zero-order valence-electron chi connectivity index (χ0n) is 21.1. The van der Waals surface area contributed by atoms with Gasteiger partial charge in [0.25, 0.3) is 0 Å². The highest BCUT2D eigenvalue weighted by molar-refractivity contribution is 6.74. The number of epoxide rings is 1. The van der Waals surface area contributed by atoms with Gasteiger partial charge in [-0.15, -0.1) is 0 Å². The zero-order chi connectivity index (χ0) is 23.9. The predicted octanol–water partition coefficient (Wildman–Crippen LogP) is 4.43. The van der Waals surface area contributed by atoms with Crippen LogP contribution in [-0.2, 0) is 30.0 Å². The molecule has 1 aromatic carbocycles. The van der Waals surface area contributed by atoms with Gasteiger partial charge < -0.3 is 24.0 Å². The number of hydrogen-bond acceptors (Lipinski definition) is 5. The van der Waals surface area contributed by atoms with E-state index in [0.717, 1.165) is 24.8 Å². The fourth-order valence-corrected chi connectivity index (χ4v) is 6.61. The molecule has 1 aliphatic carbocycles. The quantitative estimate of drug-likeness (QED) is 0.235. The van der Waals surface area contributed by atoms with Crippen molar-refractivity contribution >= 4 is 14.2 Å². The molecule has 7 heteroatoms. The molecule has 1 N–H and O–H groups in total. The van der Waals surface area contributed by atoms with Gasteiger partial charge >= 0.3 is 0 Å². The lowest BCUT2D eigenvalue weighted by Crippen LogP contribution is -2.72. The Labute approximate surface area is 199 Å². The summed E-state index contributed by atoms with van der Waals surface area (Å²) in [4.78, 5) is 12.7. The summed E-state index contributed by atoms with van der Waals surface area (Å²) in [5, 5.41) is 3.26. The highest BCUT2D eigenvalue weighted by Gasteiger charge is 2.73. The van der Waals surface area contributed by atoms with Crippen molar-refractivity contribution in [1.29, 1.82) is 0 Å². The molecule has 1 unspecified atom stereocenters. The minimum absolute atomic E-state index is 0.0234. The molecule has 6 nitrogen and oxygen atoms in total. The molecule has 0 spiro atoms. The van der Waals surface area contributed by atoms with Crippen LogP contribution in [0.25, 0.3) is 0 Å². The van der Waals surface area contributed by atoms with E-state index in [-0.39, 0.29) is 41.2 Å². The van der Waals surface area contributed by atoms with Crippen LogP contribution in [0.5, 0.6) is 0 Å². The third-order valence-electron chi connectivity index (χ3n) is 8.12. The van der Waals surface area contributed by atoms with Crippen molar-refractivity contribution < 1.29 is 23.4 Å². The summed E-state index contributed by atoms with van der Waals surface area (Å²) in [6.07, 6.45) is 3.07. The molecule has 184 valence electrons. The average Bonchev–Trinajstić information content (AvgIpc) is 3.47. The Morgan fingerprint density at radius 2 is 1.91 bits per heavy atom. The summed E-state index contributed by atoms with van der Waals surface area (Å²) in [5.74, 6) is -0.118. The van der Waals surface area contributed by atoms with E-state index in [1.165, 1.54) is 0 Å². The summed E-state index contributed by atoms with van der Waals surface area (Å²) in [5.41, 5.74) is 0.745. The number of carbonyl (C=O) groups excluding carboxylic acids is 1. The fourth-order valence-electron chi connectivity index (χ4n) is 5.18. The van der Waals surface area contributed by atoms with Gasteiger partial charge in [0, 0.05) is 0 Å². The van der Waals surface area contributed by atoms with Crippen molar-refractivity contribution in [2.24, 2.45) is 5.92 Å². The first-order valence-electron chi connectivity index (χ1n) is 12.5. The third kappa shape index (κ3) is 4.94. The van der Waals surface area contributed by atoms with Gasteiger partial charge in [-0.2, -0.15) is 0 Å². The summed E-state index contributed by atoms with van der Waals surface area (Å²) in [6, 6.07) is 10.1. The van der Waals surface area contributed by atoms with Crippen LogP contribution in [0.2, 0.25) is 18.1 Å². The van der Waals surface area contributed by atoms with E-state index in [2.05, 4.69) is 58.2 Å². The number of β-lactam (4-membered cyclic amide) rings is 1. The number of hydrogen-bond donors (Lipinski definition) is 1. The van der Waals surface area contributed by atoms with Crippen molar-refractivity contribution in [3.8, 4) is 0 Å². The second-order valence-corrected chi connectivity index (χ2v) is 16.1. The molecule has 0 bridgehead atoms. The normalized spacial score (nSPS) is 32.5. The summed E-state index contributed by atoms with van der Waals surface area (Å²) in [6.45, 7) is 14.9. The topological polar surface area (TPSA) is 69.3 Å². The molecule has 0 aromatic heterocycles. The number of amides is 1. The minimum Gasteiger partial charge on any atom is -0.413 e. The SMILES string of the molecule is C[C@@H](O[Si](C)(C)C(C)(C)C)[C@H]1C(=O)N[C@H]1[C@]12O[C@@H]1CCCC2OCCOCc1ccccc1. The molecule has 2 aliphatic heterocycles. The Morgan fingerprint density at radius 1 is 1.18 bits per heavy atom. The van der Waals surface area contributed by atoms with E-state index in [9.17, 15) is 4.79 Å². The molecular formula is C26H41NO5Si. The van der Waals surface area contributed by atoms with Gasteiger partial charge in [-0.1, -0.05) is 51.1 Å². The predicted molar refractivity (Wildman–Crippen MR) is 130 cm³/mol. The molecular weight excluding hydrogens is 434 g/mol. The van der Waals surface area contributed by atoms with Crippen LogP contribution in [0.1, 0.15) is 52.5 Å². The first-order valence-corrected chi connectivity index (χ1v) is 15.4. The maximum Gasteiger partial charge on any atom is 0.228 e. The third-order valence-corrected chi connectivity index (χ3v) is 12.7. The largest absolute Gasteiger partial charge is 0.413 e. The van der Waals surface area contributed by atoms with Crippen molar-refractivity contribution in [2.45, 2.75) is 102 Å². The van der Waals surface area contributed by atoms with E-state index in [0.29, 0.717) is 19.8 Å². The molecule has 1 saturated carbocycles. The van der Waals surface area contributed by atoms with Crippen LogP contribution in [-0.4, -0.2) is 57.4 Å². The van der Waals surface area contributed by atoms with Crippen LogP contribution in [0.4, 0.5) is 0 Å². The number of nitrogens with one attached hydrogen (secondary N) is 1. The molecule has 0 radical (unpaired) electrons. The van der Waals surface area contributed by atoms with Gasteiger partial charge in [0.2, 0.25) is 5.91 Å². The number of fused-ring (bicyclic) bond motifs is 1. The Morgan fingerprint density at radius 3 is 2.58 bits per heavy atom. The van der Waals surface area contributed by atoms with Crippen molar-refractivity contribution in [1.82, 2.24) is 5.32 Å². The van der Waals surface area contributed by atoms with Crippen molar-refractivity contribution in [3.63, 3.8) is 0 Å². The molecule has 1 amide bonds. The first kappa shape index (κ1) is 24.9. The van der Waals surface area contributed by atoms with Crippen LogP contribution >= 0.6 is 0 Å². The van der Waals surface area contributed by atoms with Crippen molar-refractivity contribution in [2.75, 3.05) is 13.2 Å². The Kier molecular flexibility index (Phi) is 7.09. The van der Waals surface area contributed by atoms with Gasteiger partial charge in [0.1, 0.15) is 5.60 Å². The maximum atomic E-state index is 12.7. The van der Waals surface area contributed by atoms with E-state index >= 15 is 0 Å². The van der Waals surface area contributed by atoms with Crippen molar-refractivity contribution in [3.05, 3.63) is 35.9 Å². The smallest absolute Gasteiger partial charge is 0.228 e. The lowest BCUT2D eigenvalue weighted by molar-refractivity contribution is -0.148. The van der Waals surface area contributed by atoms with E-state index in [1.807, 2.05) is 18.2 Å². The lowest BCUT2D eigenvalue weighted by Gasteiger charge is -2.49. The molecule has 2 heterocycles. The van der Waals surface area contributed by atoms with E-state index in [1.54, 1.807) is 0 Å². The van der Waals surface area contributed by atoms with Gasteiger partial charge in [0.05, 0.1) is 50.1 Å². The zero-order valence-corrected chi connectivity index (χ0v) is 22.1. The Hall–Kier alpha value is -1.25. The van der Waals surface area contributed by atoms with E-state index < -0.39 is 13.9 Å². The highest BCUT2D eigenvalue weighted by Crippen LogP contribution is 2.55. The van der Waals surface area contributed by atoms with E-state index in [4.69, 9.17) is 18.6 Å². The van der Waals surface area contributed by atoms with Gasteiger partial charge in [-0.3, -0.25) is 4.79 Å². The molecule has 2 saturated heterocycles. The summed E-state index contributed by atoms with van der Waals surface area (Å²) >= 11 is 0. The van der Waals surface area contributed by atoms with Crippen LogP contribution in [0.3, 0.4) is 0 Å². The molecule has 3 fully saturated rings. The molecule has 1 aromatic rings. The number of benzene rings is 1. The molecule has 6 atom stereocenters. The Bertz CT molecular complexity index is 826. The standard InChI is InChI=1S/C26H41NO5Si/c1-18(32-33(5,6)25(2,3)4)22-23(27-24(22)28)26-20(13-10-14-21(26)31-26)30-16-15-29-17-19-11-8-7-9-12-19/h7-9,11-12,18,20-23H,10,13-17H2,1-6H3,(H,27,28)/t18-,20?,21-,22-,23-,26-/m1/s1. The highest BCUT2D eigenvalue weighted by atomic mass is 28.4. The average molecular weight is 476 g/mol. The minimum atomic E-state index is -1.98. The first-order chi connectivity index (χ1) is 15.6. The second kappa shape index (κ2) is 9.42. The summed E-state index contributed by atoms with van der Waals surface area (Å²) < 4.78 is 25.0. The molecule has 33 heavy (non-hydrogen) atoms. The number of carbonyl (C=O) groups is 1. The monoisotopic (exact) mass is 475 g/mol. The molecule has 3 aliphatic rings. The number of rotatable bonds is 10. The molecule has 4 rings (SSSR count). The lowest BCUT2D eigenvalue weighted by atomic mass is 9.70. The summed E-state index contributed by atoms with van der Waals surface area (Å²) in [7, 11) is -1.98. The maximum absolute atomic E-state index is 12.7. The van der Waals surface area contributed by atoms with Crippen LogP contribution in [0, 0.1) is 5.92 Å². The van der Waals surface area contributed by atoms with Gasteiger partial charge in [0.15, 0.2) is 8.32 Å². The second-order valence-electron chi connectivity index (χ2n) is 11.4. The van der Waals surface area contributed by atoms with Gasteiger partial charge in [-0.25, -0.2) is 0 Å². The Balaban J connectivity index is 1.34. The van der Waals surface area contributed by atoms with Crippen LogP contribution < -0.4 is 5.32 Å².